The van der Waals surface area contributed by atoms with Gasteiger partial charge in [0.2, 0.25) is 0 Å². The van der Waals surface area contributed by atoms with Crippen LogP contribution in [0.2, 0.25) is 0 Å². The normalized spacial score (nSPS) is 14.9. The summed E-state index contributed by atoms with van der Waals surface area (Å²) in [5.41, 5.74) is 2.52. The highest BCUT2D eigenvalue weighted by atomic mass is 127. The van der Waals surface area contributed by atoms with Crippen LogP contribution in [0.3, 0.4) is 0 Å². The number of halogens is 1. The zero-order valence-electron chi connectivity index (χ0n) is 7.42. The minimum absolute atomic E-state index is 0.192. The van der Waals surface area contributed by atoms with Gasteiger partial charge < -0.3 is 5.32 Å². The van der Waals surface area contributed by atoms with E-state index >= 15 is 0 Å². The molecule has 14 heavy (non-hydrogen) atoms. The fourth-order valence-corrected chi connectivity index (χ4v) is 2.59. The number of nitro benzene ring substituents is 1. The standard InChI is InChI=1S/C9H9IN2O2/c10-9-4-7(12(13)14)3-6-5-11-2-1-8(6)9/h3-4,11H,1-2,5H2. The van der Waals surface area contributed by atoms with Crippen molar-refractivity contribution in [2.45, 2.75) is 13.0 Å². The number of nitrogens with one attached hydrogen (secondary N) is 1. The van der Waals surface area contributed by atoms with Crippen molar-refractivity contribution in [3.63, 3.8) is 0 Å². The molecule has 5 heteroatoms. The summed E-state index contributed by atoms with van der Waals surface area (Å²) in [5.74, 6) is 0. The Kier molecular flexibility index (Phi) is 2.69. The first-order valence-electron chi connectivity index (χ1n) is 4.35. The molecule has 0 bridgehead atoms. The molecule has 0 atom stereocenters. The van der Waals surface area contributed by atoms with Crippen LogP contribution in [0.15, 0.2) is 12.1 Å². The minimum Gasteiger partial charge on any atom is -0.312 e. The van der Waals surface area contributed by atoms with Gasteiger partial charge in [-0.1, -0.05) is 0 Å². The highest BCUT2D eigenvalue weighted by molar-refractivity contribution is 14.1. The number of hydrogen-bond acceptors (Lipinski definition) is 3. The molecule has 0 radical (unpaired) electrons. The summed E-state index contributed by atoms with van der Waals surface area (Å²) in [5, 5.41) is 13.8. The summed E-state index contributed by atoms with van der Waals surface area (Å²) < 4.78 is 1.01. The number of benzene rings is 1. The lowest BCUT2D eigenvalue weighted by Gasteiger charge is -2.17. The summed E-state index contributed by atoms with van der Waals surface area (Å²) in [6, 6.07) is 3.31. The third-order valence-electron chi connectivity index (χ3n) is 2.35. The van der Waals surface area contributed by atoms with E-state index in [0.29, 0.717) is 0 Å². The maximum atomic E-state index is 10.6. The first-order chi connectivity index (χ1) is 6.68. The molecular formula is C9H9IN2O2. The molecule has 0 saturated heterocycles. The molecule has 1 aliphatic rings. The van der Waals surface area contributed by atoms with Gasteiger partial charge in [0.05, 0.1) is 4.92 Å². The molecule has 0 amide bonds. The fraction of sp³-hybridized carbons (Fsp3) is 0.333. The average molecular weight is 304 g/mol. The Morgan fingerprint density at radius 1 is 1.50 bits per heavy atom. The van der Waals surface area contributed by atoms with Gasteiger partial charge in [-0.15, -0.1) is 0 Å². The average Bonchev–Trinajstić information content (AvgIpc) is 2.17. The Labute approximate surface area is 95.0 Å². The Hall–Kier alpha value is -0.690. The molecule has 0 aliphatic carbocycles. The van der Waals surface area contributed by atoms with Gasteiger partial charge in [-0.3, -0.25) is 10.1 Å². The van der Waals surface area contributed by atoms with Gasteiger partial charge in [0.15, 0.2) is 0 Å². The molecule has 1 aliphatic heterocycles. The first kappa shape index (κ1) is 9.85. The largest absolute Gasteiger partial charge is 0.312 e. The molecule has 0 spiro atoms. The Bertz CT molecular complexity index is 393. The molecule has 0 fully saturated rings. The van der Waals surface area contributed by atoms with Crippen molar-refractivity contribution in [1.82, 2.24) is 5.32 Å². The molecule has 74 valence electrons. The number of non-ortho nitro benzene ring substituents is 1. The van der Waals surface area contributed by atoms with Crippen LogP contribution in [-0.2, 0) is 13.0 Å². The summed E-state index contributed by atoms with van der Waals surface area (Å²) in [7, 11) is 0. The van der Waals surface area contributed by atoms with E-state index in [-0.39, 0.29) is 10.6 Å². The smallest absolute Gasteiger partial charge is 0.270 e. The van der Waals surface area contributed by atoms with Gasteiger partial charge in [-0.05, 0) is 46.7 Å². The summed E-state index contributed by atoms with van der Waals surface area (Å²) >= 11 is 2.17. The summed E-state index contributed by atoms with van der Waals surface area (Å²) in [6.45, 7) is 1.70. The van der Waals surface area contributed by atoms with Gasteiger partial charge >= 0.3 is 0 Å². The lowest BCUT2D eigenvalue weighted by atomic mass is 10.0. The number of fused-ring (bicyclic) bond motifs is 1. The minimum atomic E-state index is -0.336. The predicted octanol–water partition coefficient (Wildman–Crippen LogP) is 1.85. The van der Waals surface area contributed by atoms with E-state index in [4.69, 9.17) is 0 Å². The summed E-state index contributed by atoms with van der Waals surface area (Å²) in [6.07, 6.45) is 0.964. The predicted molar refractivity (Wildman–Crippen MR) is 61.2 cm³/mol. The second-order valence-corrected chi connectivity index (χ2v) is 4.41. The van der Waals surface area contributed by atoms with Crippen LogP contribution >= 0.6 is 22.6 Å². The number of rotatable bonds is 1. The molecule has 0 unspecified atom stereocenters. The van der Waals surface area contributed by atoms with Gasteiger partial charge in [-0.2, -0.15) is 0 Å². The maximum Gasteiger partial charge on any atom is 0.270 e. The number of hydrogen-bond donors (Lipinski definition) is 1. The highest BCUT2D eigenvalue weighted by Crippen LogP contribution is 2.26. The number of nitrogens with zero attached hydrogens (tertiary/aromatic N) is 1. The van der Waals surface area contributed by atoms with Crippen LogP contribution in [0, 0.1) is 13.7 Å². The molecule has 1 N–H and O–H groups in total. The van der Waals surface area contributed by atoms with Crippen LogP contribution in [0.1, 0.15) is 11.1 Å². The molecular weight excluding hydrogens is 295 g/mol. The van der Waals surface area contributed by atoms with Crippen molar-refractivity contribution >= 4 is 28.3 Å². The zero-order chi connectivity index (χ0) is 10.1. The third kappa shape index (κ3) is 1.74. The van der Waals surface area contributed by atoms with E-state index in [2.05, 4.69) is 27.9 Å². The van der Waals surface area contributed by atoms with Crippen molar-refractivity contribution in [1.29, 1.82) is 0 Å². The van der Waals surface area contributed by atoms with E-state index in [1.54, 1.807) is 12.1 Å². The second kappa shape index (κ2) is 3.82. The highest BCUT2D eigenvalue weighted by Gasteiger charge is 2.17. The van der Waals surface area contributed by atoms with E-state index in [1.165, 1.54) is 5.56 Å². The zero-order valence-corrected chi connectivity index (χ0v) is 9.58. The molecule has 0 saturated carbocycles. The van der Waals surface area contributed by atoms with E-state index in [0.717, 1.165) is 28.6 Å². The van der Waals surface area contributed by atoms with E-state index in [1.807, 2.05) is 0 Å². The fourth-order valence-electron chi connectivity index (χ4n) is 1.66. The maximum absolute atomic E-state index is 10.6. The Morgan fingerprint density at radius 2 is 2.29 bits per heavy atom. The summed E-state index contributed by atoms with van der Waals surface area (Å²) in [4.78, 5) is 10.3. The molecule has 4 nitrogen and oxygen atoms in total. The lowest BCUT2D eigenvalue weighted by Crippen LogP contribution is -2.24. The molecule has 0 aromatic heterocycles. The Morgan fingerprint density at radius 3 is 3.00 bits per heavy atom. The van der Waals surface area contributed by atoms with Crippen molar-refractivity contribution in [3.8, 4) is 0 Å². The van der Waals surface area contributed by atoms with E-state index < -0.39 is 0 Å². The van der Waals surface area contributed by atoms with Gasteiger partial charge in [0.1, 0.15) is 0 Å². The quantitative estimate of drug-likeness (QED) is 0.489. The number of nitro groups is 1. The monoisotopic (exact) mass is 304 g/mol. The first-order valence-corrected chi connectivity index (χ1v) is 5.43. The Balaban J connectivity index is 2.51. The van der Waals surface area contributed by atoms with Crippen LogP contribution in [0.25, 0.3) is 0 Å². The molecule has 1 heterocycles. The van der Waals surface area contributed by atoms with Gasteiger partial charge in [-0.25, -0.2) is 0 Å². The SMILES string of the molecule is O=[N+]([O-])c1cc(I)c2c(c1)CNCC2. The van der Waals surface area contributed by atoms with Crippen LogP contribution in [0.4, 0.5) is 5.69 Å². The van der Waals surface area contributed by atoms with Crippen LogP contribution in [0.5, 0.6) is 0 Å². The van der Waals surface area contributed by atoms with Crippen LogP contribution in [-0.4, -0.2) is 11.5 Å². The lowest BCUT2D eigenvalue weighted by molar-refractivity contribution is -0.385. The van der Waals surface area contributed by atoms with Crippen molar-refractivity contribution in [2.75, 3.05) is 6.54 Å². The van der Waals surface area contributed by atoms with Crippen molar-refractivity contribution in [3.05, 3.63) is 36.9 Å². The van der Waals surface area contributed by atoms with Gasteiger partial charge in [0, 0.05) is 22.2 Å². The second-order valence-electron chi connectivity index (χ2n) is 3.25. The third-order valence-corrected chi connectivity index (χ3v) is 3.31. The van der Waals surface area contributed by atoms with E-state index in [9.17, 15) is 10.1 Å². The van der Waals surface area contributed by atoms with Crippen molar-refractivity contribution in [2.24, 2.45) is 0 Å². The topological polar surface area (TPSA) is 55.2 Å². The van der Waals surface area contributed by atoms with Crippen molar-refractivity contribution < 1.29 is 4.92 Å². The molecule has 1 aromatic rings. The van der Waals surface area contributed by atoms with Gasteiger partial charge in [0.25, 0.3) is 5.69 Å². The molecule has 2 rings (SSSR count). The van der Waals surface area contributed by atoms with Crippen LogP contribution < -0.4 is 5.32 Å². The molecule has 1 aromatic carbocycles.